The molecule has 0 aromatic heterocycles. The molecule has 1 heterocycles. The van der Waals surface area contributed by atoms with Crippen molar-refractivity contribution in [1.82, 2.24) is 5.32 Å². The summed E-state index contributed by atoms with van der Waals surface area (Å²) < 4.78 is 17.8. The third-order valence-corrected chi connectivity index (χ3v) is 6.03. The van der Waals surface area contributed by atoms with Crippen LogP contribution >= 0.6 is 11.6 Å². The summed E-state index contributed by atoms with van der Waals surface area (Å²) in [4.78, 5) is 0. The lowest BCUT2D eigenvalue weighted by molar-refractivity contribution is 0.283. The van der Waals surface area contributed by atoms with Crippen LogP contribution in [0.15, 0.2) is 54.6 Å². The molecule has 4 nitrogen and oxygen atoms in total. The van der Waals surface area contributed by atoms with Crippen molar-refractivity contribution in [2.24, 2.45) is 0 Å². The lowest BCUT2D eigenvalue weighted by Crippen LogP contribution is -2.31. The normalized spacial score (nSPS) is 15.3. The number of hydrogen-bond acceptors (Lipinski definition) is 4. The molecule has 31 heavy (non-hydrogen) atoms. The SMILES string of the molecule is CCOc1cc(C)c(Cl)cc1C1NCCc2cc(OC)c(OCc3ccccc3)cc21. The molecule has 0 radical (unpaired) electrons. The van der Waals surface area contributed by atoms with Gasteiger partial charge in [-0.3, -0.25) is 0 Å². The van der Waals surface area contributed by atoms with Crippen LogP contribution in [0.2, 0.25) is 5.02 Å². The van der Waals surface area contributed by atoms with E-state index in [1.807, 2.05) is 44.2 Å². The smallest absolute Gasteiger partial charge is 0.162 e. The summed E-state index contributed by atoms with van der Waals surface area (Å²) in [7, 11) is 1.68. The van der Waals surface area contributed by atoms with Gasteiger partial charge in [-0.1, -0.05) is 41.9 Å². The Labute approximate surface area is 189 Å². The van der Waals surface area contributed by atoms with Gasteiger partial charge >= 0.3 is 0 Å². The van der Waals surface area contributed by atoms with Crippen LogP contribution in [0.5, 0.6) is 17.2 Å². The number of aryl methyl sites for hydroxylation is 1. The number of halogens is 1. The monoisotopic (exact) mass is 437 g/mol. The summed E-state index contributed by atoms with van der Waals surface area (Å²) in [5.41, 5.74) is 5.56. The molecule has 0 amide bonds. The minimum atomic E-state index is -0.0339. The van der Waals surface area contributed by atoms with E-state index in [0.717, 1.165) is 57.5 Å². The van der Waals surface area contributed by atoms with E-state index in [1.165, 1.54) is 5.56 Å². The van der Waals surface area contributed by atoms with Gasteiger partial charge in [-0.2, -0.15) is 0 Å². The number of hydrogen-bond donors (Lipinski definition) is 1. The fourth-order valence-corrected chi connectivity index (χ4v) is 4.20. The Hall–Kier alpha value is -2.69. The minimum Gasteiger partial charge on any atom is -0.494 e. The van der Waals surface area contributed by atoms with Crippen molar-refractivity contribution in [1.29, 1.82) is 0 Å². The minimum absolute atomic E-state index is 0.0339. The molecule has 0 spiro atoms. The van der Waals surface area contributed by atoms with Gasteiger partial charge in [-0.25, -0.2) is 0 Å². The number of ether oxygens (including phenoxy) is 3. The molecule has 3 aromatic carbocycles. The maximum atomic E-state index is 6.50. The fourth-order valence-electron chi connectivity index (χ4n) is 4.03. The largest absolute Gasteiger partial charge is 0.494 e. The van der Waals surface area contributed by atoms with Crippen LogP contribution in [0.1, 0.15) is 40.8 Å². The topological polar surface area (TPSA) is 39.7 Å². The molecule has 162 valence electrons. The average Bonchev–Trinajstić information content (AvgIpc) is 2.80. The number of nitrogens with one attached hydrogen (secondary N) is 1. The van der Waals surface area contributed by atoms with Crippen molar-refractivity contribution in [3.8, 4) is 17.2 Å². The number of methoxy groups -OCH3 is 1. The highest BCUT2D eigenvalue weighted by Crippen LogP contribution is 2.41. The van der Waals surface area contributed by atoms with Gasteiger partial charge in [0.25, 0.3) is 0 Å². The van der Waals surface area contributed by atoms with Crippen molar-refractivity contribution < 1.29 is 14.2 Å². The molecule has 0 saturated heterocycles. The van der Waals surface area contributed by atoms with Gasteiger partial charge in [0.2, 0.25) is 0 Å². The van der Waals surface area contributed by atoms with Crippen LogP contribution in [0.4, 0.5) is 0 Å². The van der Waals surface area contributed by atoms with Crippen LogP contribution in [0.25, 0.3) is 0 Å². The zero-order valence-corrected chi connectivity index (χ0v) is 19.0. The molecule has 0 saturated carbocycles. The second-order valence-corrected chi connectivity index (χ2v) is 8.09. The van der Waals surface area contributed by atoms with E-state index >= 15 is 0 Å². The Morgan fingerprint density at radius 3 is 2.52 bits per heavy atom. The van der Waals surface area contributed by atoms with Crippen molar-refractivity contribution in [2.45, 2.75) is 32.9 Å². The van der Waals surface area contributed by atoms with Gasteiger partial charge < -0.3 is 19.5 Å². The van der Waals surface area contributed by atoms with Gasteiger partial charge in [0, 0.05) is 17.1 Å². The third kappa shape index (κ3) is 4.65. The summed E-state index contributed by atoms with van der Waals surface area (Å²) in [5, 5.41) is 4.38. The first-order chi connectivity index (χ1) is 15.1. The first kappa shape index (κ1) is 21.5. The van der Waals surface area contributed by atoms with Crippen LogP contribution in [-0.2, 0) is 13.0 Å². The average molecular weight is 438 g/mol. The molecule has 0 fully saturated rings. The molecule has 1 aliphatic heterocycles. The number of fused-ring (bicyclic) bond motifs is 1. The third-order valence-electron chi connectivity index (χ3n) is 5.62. The van der Waals surface area contributed by atoms with Gasteiger partial charge in [0.1, 0.15) is 12.4 Å². The summed E-state index contributed by atoms with van der Waals surface area (Å²) >= 11 is 6.50. The van der Waals surface area contributed by atoms with E-state index in [9.17, 15) is 0 Å². The lowest BCUT2D eigenvalue weighted by Gasteiger charge is -2.30. The Morgan fingerprint density at radius 1 is 0.968 bits per heavy atom. The summed E-state index contributed by atoms with van der Waals surface area (Å²) in [6, 6.07) is 18.3. The van der Waals surface area contributed by atoms with E-state index in [4.69, 9.17) is 25.8 Å². The Bertz CT molecular complexity index is 1050. The highest BCUT2D eigenvalue weighted by Gasteiger charge is 2.27. The second-order valence-electron chi connectivity index (χ2n) is 7.69. The first-order valence-corrected chi connectivity index (χ1v) is 11.0. The van der Waals surface area contributed by atoms with E-state index in [1.54, 1.807) is 7.11 Å². The Kier molecular flexibility index (Phi) is 6.69. The quantitative estimate of drug-likeness (QED) is 0.501. The second kappa shape index (κ2) is 9.63. The van der Waals surface area contributed by atoms with Crippen LogP contribution in [0, 0.1) is 6.92 Å². The lowest BCUT2D eigenvalue weighted by atomic mass is 9.88. The molecule has 1 unspecified atom stereocenters. The van der Waals surface area contributed by atoms with E-state index in [-0.39, 0.29) is 6.04 Å². The van der Waals surface area contributed by atoms with Crippen molar-refractivity contribution in [3.05, 3.63) is 87.4 Å². The highest BCUT2D eigenvalue weighted by molar-refractivity contribution is 6.31. The van der Waals surface area contributed by atoms with Gasteiger partial charge in [0.15, 0.2) is 11.5 Å². The predicted molar refractivity (Wildman–Crippen MR) is 125 cm³/mol. The molecule has 1 atom stereocenters. The maximum absolute atomic E-state index is 6.50. The van der Waals surface area contributed by atoms with Gasteiger partial charge in [-0.15, -0.1) is 0 Å². The van der Waals surface area contributed by atoms with E-state index in [2.05, 4.69) is 29.6 Å². The predicted octanol–water partition coefficient (Wildman–Crippen LogP) is 5.87. The van der Waals surface area contributed by atoms with Crippen LogP contribution in [-0.4, -0.2) is 20.3 Å². The number of rotatable bonds is 7. The van der Waals surface area contributed by atoms with Crippen molar-refractivity contribution in [2.75, 3.05) is 20.3 Å². The van der Waals surface area contributed by atoms with Gasteiger partial charge in [0.05, 0.1) is 19.8 Å². The standard InChI is InChI=1S/C26H28ClNO3/c1-4-30-23-12-17(2)22(27)14-21(23)26-20-15-25(31-16-18-8-6-5-7-9-18)24(29-3)13-19(20)10-11-28-26/h5-9,12-15,26,28H,4,10-11,16H2,1-3H3. The first-order valence-electron chi connectivity index (χ1n) is 10.6. The van der Waals surface area contributed by atoms with Crippen molar-refractivity contribution in [3.63, 3.8) is 0 Å². The molecule has 1 aliphatic rings. The molecule has 5 heteroatoms. The Balaban J connectivity index is 1.73. The molecule has 4 rings (SSSR count). The zero-order chi connectivity index (χ0) is 21.8. The number of benzene rings is 3. The molecule has 0 aliphatic carbocycles. The molecular formula is C26H28ClNO3. The Morgan fingerprint density at radius 2 is 1.77 bits per heavy atom. The van der Waals surface area contributed by atoms with Crippen LogP contribution < -0.4 is 19.5 Å². The molecule has 0 bridgehead atoms. The van der Waals surface area contributed by atoms with E-state index in [0.29, 0.717) is 13.2 Å². The van der Waals surface area contributed by atoms with Crippen molar-refractivity contribution >= 4 is 11.6 Å². The molecule has 1 N–H and O–H groups in total. The summed E-state index contributed by atoms with van der Waals surface area (Å²) in [6.07, 6.45) is 0.921. The van der Waals surface area contributed by atoms with E-state index < -0.39 is 0 Å². The van der Waals surface area contributed by atoms with Crippen LogP contribution in [0.3, 0.4) is 0 Å². The summed E-state index contributed by atoms with van der Waals surface area (Å²) in [6.45, 7) is 5.94. The summed E-state index contributed by atoms with van der Waals surface area (Å²) in [5.74, 6) is 2.34. The maximum Gasteiger partial charge on any atom is 0.162 e. The molecule has 3 aromatic rings. The highest BCUT2D eigenvalue weighted by atomic mass is 35.5. The fraction of sp³-hybridized carbons (Fsp3) is 0.308. The van der Waals surface area contributed by atoms with Gasteiger partial charge in [-0.05, 0) is 66.8 Å². The molecular weight excluding hydrogens is 410 g/mol. The zero-order valence-electron chi connectivity index (χ0n) is 18.2.